The number of aromatic hydroxyl groups is 1. The number of thiophene rings is 1. The van der Waals surface area contributed by atoms with Crippen LogP contribution in [0.1, 0.15) is 18.1 Å². The van der Waals surface area contributed by atoms with Crippen LogP contribution in [0.4, 0.5) is 18.9 Å². The number of hydrogen-bond donors (Lipinski definition) is 2. The van der Waals surface area contributed by atoms with Crippen molar-refractivity contribution < 1.29 is 31.8 Å². The number of rotatable bonds is 6. The van der Waals surface area contributed by atoms with Crippen LogP contribution in [-0.2, 0) is 22.0 Å². The molecule has 2 aromatic carbocycles. The largest absolute Gasteiger partial charge is 0.508 e. The molecule has 0 amide bonds. The zero-order chi connectivity index (χ0) is 25.4. The number of phenols is 1. The predicted molar refractivity (Wildman–Crippen MR) is 128 cm³/mol. The fourth-order valence-electron chi connectivity index (χ4n) is 4.18. The third-order valence-electron chi connectivity index (χ3n) is 6.29. The number of aliphatic hydroxyl groups is 1. The molecule has 1 aliphatic rings. The van der Waals surface area contributed by atoms with E-state index in [1.54, 1.807) is 41.8 Å². The lowest BCUT2D eigenvalue weighted by molar-refractivity contribution is -0.258. The Morgan fingerprint density at radius 2 is 1.71 bits per heavy atom. The molecule has 2 N–H and O–H groups in total. The molecular weight excluding hydrogens is 501 g/mol. The van der Waals surface area contributed by atoms with Crippen molar-refractivity contribution in [2.45, 2.75) is 35.4 Å². The van der Waals surface area contributed by atoms with Gasteiger partial charge in [0.05, 0.1) is 0 Å². The highest BCUT2D eigenvalue weighted by molar-refractivity contribution is 7.91. The monoisotopic (exact) mass is 526 g/mol. The fraction of sp³-hybridized carbons (Fsp3) is 0.333. The van der Waals surface area contributed by atoms with Gasteiger partial charge < -0.3 is 15.1 Å². The highest BCUT2D eigenvalue weighted by Gasteiger charge is 2.51. The van der Waals surface area contributed by atoms with Crippen LogP contribution in [0, 0.1) is 0 Å². The van der Waals surface area contributed by atoms with Gasteiger partial charge in [-0.2, -0.15) is 17.5 Å². The SMILES string of the molecule is CC(O)(c1ccc(N2CCN(S(=O)(=O)c3cccs3)C[C@H]2Cc2ccccc2O)cc1)C(F)(F)F. The van der Waals surface area contributed by atoms with Crippen LogP contribution in [0.2, 0.25) is 0 Å². The summed E-state index contributed by atoms with van der Waals surface area (Å²) >= 11 is 1.14. The molecule has 0 radical (unpaired) electrons. The van der Waals surface area contributed by atoms with Crippen molar-refractivity contribution in [1.29, 1.82) is 0 Å². The Bertz CT molecular complexity index is 1260. The fourth-order valence-corrected chi connectivity index (χ4v) is 6.79. The maximum Gasteiger partial charge on any atom is 0.421 e. The Morgan fingerprint density at radius 3 is 2.31 bits per heavy atom. The van der Waals surface area contributed by atoms with E-state index in [4.69, 9.17) is 0 Å². The van der Waals surface area contributed by atoms with Gasteiger partial charge >= 0.3 is 6.18 Å². The smallest absolute Gasteiger partial charge is 0.421 e. The first-order chi connectivity index (χ1) is 16.4. The van der Waals surface area contributed by atoms with Gasteiger partial charge in [-0.1, -0.05) is 36.4 Å². The maximum absolute atomic E-state index is 13.2. The van der Waals surface area contributed by atoms with E-state index in [9.17, 15) is 31.8 Å². The van der Waals surface area contributed by atoms with Crippen molar-refractivity contribution in [2.24, 2.45) is 0 Å². The van der Waals surface area contributed by atoms with Crippen molar-refractivity contribution >= 4 is 27.0 Å². The van der Waals surface area contributed by atoms with Crippen LogP contribution >= 0.6 is 11.3 Å². The summed E-state index contributed by atoms with van der Waals surface area (Å²) in [5.74, 6) is 0.0854. The van der Waals surface area contributed by atoms with E-state index >= 15 is 0 Å². The number of phenolic OH excluding ortho intramolecular Hbond substituents is 1. The van der Waals surface area contributed by atoms with Gasteiger partial charge in [0, 0.05) is 31.4 Å². The van der Waals surface area contributed by atoms with Crippen molar-refractivity contribution in [3.63, 3.8) is 0 Å². The molecular formula is C24H25F3N2O4S2. The van der Waals surface area contributed by atoms with E-state index in [0.29, 0.717) is 31.1 Å². The molecule has 0 spiro atoms. The summed E-state index contributed by atoms with van der Waals surface area (Å²) in [4.78, 5) is 1.93. The first kappa shape index (κ1) is 25.5. The van der Waals surface area contributed by atoms with Crippen LogP contribution in [0.15, 0.2) is 70.3 Å². The molecule has 0 bridgehead atoms. The number of hydrogen-bond acceptors (Lipinski definition) is 6. The summed E-state index contributed by atoms with van der Waals surface area (Å²) in [5, 5.41) is 22.0. The van der Waals surface area contributed by atoms with Crippen LogP contribution in [-0.4, -0.2) is 54.8 Å². The third-order valence-corrected chi connectivity index (χ3v) is 9.53. The molecule has 6 nitrogen and oxygen atoms in total. The second-order valence-electron chi connectivity index (χ2n) is 8.59. The zero-order valence-electron chi connectivity index (χ0n) is 18.8. The molecule has 1 saturated heterocycles. The highest BCUT2D eigenvalue weighted by Crippen LogP contribution is 2.39. The van der Waals surface area contributed by atoms with E-state index in [1.165, 1.54) is 28.6 Å². The Balaban J connectivity index is 1.65. The molecule has 2 heterocycles. The Morgan fingerprint density at radius 1 is 1.03 bits per heavy atom. The Labute approximate surface area is 205 Å². The van der Waals surface area contributed by atoms with Gasteiger partial charge in [-0.05, 0) is 54.1 Å². The summed E-state index contributed by atoms with van der Waals surface area (Å²) in [7, 11) is -3.70. The molecule has 35 heavy (non-hydrogen) atoms. The van der Waals surface area contributed by atoms with Crippen LogP contribution in [0.25, 0.3) is 0 Å². The van der Waals surface area contributed by atoms with Crippen LogP contribution < -0.4 is 4.90 Å². The van der Waals surface area contributed by atoms with Crippen molar-refractivity contribution in [3.8, 4) is 5.75 Å². The summed E-state index contributed by atoms with van der Waals surface area (Å²) in [6.45, 7) is 1.34. The summed E-state index contributed by atoms with van der Waals surface area (Å²) < 4.78 is 67.7. The van der Waals surface area contributed by atoms with Crippen molar-refractivity contribution in [1.82, 2.24) is 4.31 Å². The number of piperazine rings is 1. The van der Waals surface area contributed by atoms with E-state index in [1.807, 2.05) is 4.90 Å². The third kappa shape index (κ3) is 5.04. The van der Waals surface area contributed by atoms with Gasteiger partial charge in [0.15, 0.2) is 5.60 Å². The second kappa shape index (κ2) is 9.45. The molecule has 1 unspecified atom stereocenters. The molecule has 1 aliphatic heterocycles. The molecule has 0 saturated carbocycles. The van der Waals surface area contributed by atoms with Gasteiger partial charge in [-0.15, -0.1) is 11.3 Å². The molecule has 4 rings (SSSR count). The first-order valence-corrected chi connectivity index (χ1v) is 13.2. The summed E-state index contributed by atoms with van der Waals surface area (Å²) in [5.41, 5.74) is -2.05. The van der Waals surface area contributed by atoms with E-state index in [2.05, 4.69) is 0 Å². The van der Waals surface area contributed by atoms with Gasteiger partial charge in [-0.3, -0.25) is 0 Å². The molecule has 0 aliphatic carbocycles. The summed E-state index contributed by atoms with van der Waals surface area (Å²) in [6, 6.07) is 15.1. The van der Waals surface area contributed by atoms with Gasteiger partial charge in [-0.25, -0.2) is 8.42 Å². The molecule has 1 fully saturated rings. The summed E-state index contributed by atoms with van der Waals surface area (Å²) in [6.07, 6.45) is -4.51. The van der Waals surface area contributed by atoms with E-state index in [-0.39, 0.29) is 34.7 Å². The van der Waals surface area contributed by atoms with Gasteiger partial charge in [0.1, 0.15) is 9.96 Å². The topological polar surface area (TPSA) is 81.1 Å². The number of sulfonamides is 1. The number of para-hydroxylation sites is 1. The highest BCUT2D eigenvalue weighted by atomic mass is 32.2. The zero-order valence-corrected chi connectivity index (χ0v) is 20.4. The number of nitrogens with zero attached hydrogens (tertiary/aromatic N) is 2. The number of anilines is 1. The maximum atomic E-state index is 13.2. The first-order valence-electron chi connectivity index (χ1n) is 10.9. The number of halogens is 3. The van der Waals surface area contributed by atoms with E-state index in [0.717, 1.165) is 11.3 Å². The van der Waals surface area contributed by atoms with E-state index < -0.39 is 21.8 Å². The lowest BCUT2D eigenvalue weighted by Crippen LogP contribution is -2.55. The minimum Gasteiger partial charge on any atom is -0.508 e. The van der Waals surface area contributed by atoms with Crippen molar-refractivity contribution in [2.75, 3.05) is 24.5 Å². The average molecular weight is 527 g/mol. The quantitative estimate of drug-likeness (QED) is 0.499. The van der Waals surface area contributed by atoms with Gasteiger partial charge in [0.25, 0.3) is 10.0 Å². The minimum absolute atomic E-state index is 0.0854. The average Bonchev–Trinajstić information content (AvgIpc) is 3.36. The lowest BCUT2D eigenvalue weighted by atomic mass is 9.94. The normalized spacial score (nSPS) is 19.5. The van der Waals surface area contributed by atoms with Crippen molar-refractivity contribution in [3.05, 3.63) is 77.2 Å². The lowest BCUT2D eigenvalue weighted by Gasteiger charge is -2.42. The van der Waals surface area contributed by atoms with Crippen LogP contribution in [0.3, 0.4) is 0 Å². The Hall–Kier alpha value is -2.60. The molecule has 1 aromatic heterocycles. The number of benzene rings is 2. The minimum atomic E-state index is -4.83. The predicted octanol–water partition coefficient (Wildman–Crippen LogP) is 4.35. The standard InChI is InChI=1S/C24H25F3N2O4S2/c1-23(31,24(25,26)27)18-8-10-19(11-9-18)29-13-12-28(35(32,33)22-7-4-14-34-22)16-20(29)15-17-5-2-3-6-21(17)30/h2-11,14,20,30-31H,12-13,15-16H2,1H3/t20-,23?/m1/s1. The molecule has 11 heteroatoms. The molecule has 3 aromatic rings. The Kier molecular flexibility index (Phi) is 6.89. The molecule has 188 valence electrons. The van der Waals surface area contributed by atoms with Gasteiger partial charge in [0.2, 0.25) is 0 Å². The number of alkyl halides is 3. The molecule has 2 atom stereocenters. The van der Waals surface area contributed by atoms with Crippen LogP contribution in [0.5, 0.6) is 5.75 Å². The second-order valence-corrected chi connectivity index (χ2v) is 11.7.